The van der Waals surface area contributed by atoms with Gasteiger partial charge in [-0.3, -0.25) is 9.59 Å². The fraction of sp³-hybridized carbons (Fsp3) is 0.154. The minimum Gasteiger partial charge on any atom is -0.490 e. The van der Waals surface area contributed by atoms with E-state index in [9.17, 15) is 9.59 Å². The number of para-hydroxylation sites is 1. The number of fused-ring (bicyclic) bond motifs is 1. The molecule has 0 spiro atoms. The van der Waals surface area contributed by atoms with Crippen molar-refractivity contribution in [3.63, 3.8) is 0 Å². The normalized spacial score (nSPS) is 11.0. The Morgan fingerprint density at radius 1 is 1.11 bits per heavy atom. The number of carbonyl (C=O) groups is 1. The molecule has 4 aromatic rings. The van der Waals surface area contributed by atoms with Crippen molar-refractivity contribution in [2.24, 2.45) is 5.10 Å². The lowest BCUT2D eigenvalue weighted by Gasteiger charge is -2.14. The van der Waals surface area contributed by atoms with Gasteiger partial charge in [0.25, 0.3) is 11.5 Å². The minimum absolute atomic E-state index is 0.224. The van der Waals surface area contributed by atoms with Crippen LogP contribution in [0.3, 0.4) is 0 Å². The van der Waals surface area contributed by atoms with Crippen molar-refractivity contribution in [3.05, 3.63) is 99.6 Å². The first-order valence-electron chi connectivity index (χ1n) is 11.0. The largest absolute Gasteiger partial charge is 0.490 e. The first kappa shape index (κ1) is 24.0. The van der Waals surface area contributed by atoms with Gasteiger partial charge in [-0.2, -0.15) is 9.78 Å². The number of nitrogens with zero attached hydrogens (tertiary/aromatic N) is 3. The molecule has 1 aromatic heterocycles. The average molecular weight is 491 g/mol. The monoisotopic (exact) mass is 490 g/mol. The molecule has 0 saturated heterocycles. The Hall–Kier alpha value is -4.17. The molecule has 0 saturated carbocycles. The lowest BCUT2D eigenvalue weighted by molar-refractivity contribution is -0.123. The van der Waals surface area contributed by atoms with Gasteiger partial charge in [-0.1, -0.05) is 54.1 Å². The highest BCUT2D eigenvalue weighted by molar-refractivity contribution is 6.32. The van der Waals surface area contributed by atoms with Crippen LogP contribution in [-0.4, -0.2) is 35.0 Å². The summed E-state index contributed by atoms with van der Waals surface area (Å²) in [5.74, 6) is 0.326. The van der Waals surface area contributed by atoms with E-state index in [-0.39, 0.29) is 28.8 Å². The molecule has 0 aliphatic heterocycles. The highest BCUT2D eigenvalue weighted by atomic mass is 35.5. The van der Waals surface area contributed by atoms with Crippen molar-refractivity contribution in [1.29, 1.82) is 0 Å². The van der Waals surface area contributed by atoms with Crippen molar-refractivity contribution in [3.8, 4) is 11.5 Å². The lowest BCUT2D eigenvalue weighted by Crippen LogP contribution is -2.28. The van der Waals surface area contributed by atoms with E-state index in [1.807, 2.05) is 43.3 Å². The zero-order valence-corrected chi connectivity index (χ0v) is 19.7. The molecule has 35 heavy (non-hydrogen) atoms. The van der Waals surface area contributed by atoms with Gasteiger partial charge >= 0.3 is 0 Å². The zero-order valence-electron chi connectivity index (χ0n) is 19.0. The standard InChI is InChI=1S/C26H23ClN4O4/c1-2-34-23-13-19(15-30-31-17-29-22-11-7-6-10-20(22)26(31)33)12-21(27)25(23)35-16-24(32)28-14-18-8-4-3-5-9-18/h3-13,15,17H,2,14,16H2,1H3,(H,28,32)/b30-15-. The van der Waals surface area contributed by atoms with Crippen LogP contribution in [0.5, 0.6) is 11.5 Å². The number of aromatic nitrogens is 2. The molecule has 8 nitrogen and oxygen atoms in total. The van der Waals surface area contributed by atoms with Gasteiger partial charge in [0.1, 0.15) is 6.33 Å². The lowest BCUT2D eigenvalue weighted by atomic mass is 10.2. The van der Waals surface area contributed by atoms with E-state index < -0.39 is 0 Å². The Morgan fingerprint density at radius 3 is 2.69 bits per heavy atom. The van der Waals surface area contributed by atoms with Crippen LogP contribution >= 0.6 is 11.6 Å². The second-order valence-corrected chi connectivity index (χ2v) is 7.88. The van der Waals surface area contributed by atoms with Gasteiger partial charge in [0.2, 0.25) is 0 Å². The van der Waals surface area contributed by atoms with Crippen molar-refractivity contribution in [2.45, 2.75) is 13.5 Å². The molecule has 1 N–H and O–H groups in total. The summed E-state index contributed by atoms with van der Waals surface area (Å²) in [6.45, 7) is 2.36. The molecule has 1 amide bonds. The third-order valence-corrected chi connectivity index (χ3v) is 5.27. The molecule has 0 bridgehead atoms. The van der Waals surface area contributed by atoms with Gasteiger partial charge < -0.3 is 14.8 Å². The molecule has 0 fully saturated rings. The van der Waals surface area contributed by atoms with E-state index in [0.717, 1.165) is 10.2 Å². The zero-order chi connectivity index (χ0) is 24.6. The number of ether oxygens (including phenoxy) is 2. The summed E-state index contributed by atoms with van der Waals surface area (Å²) < 4.78 is 12.5. The van der Waals surface area contributed by atoms with Gasteiger partial charge in [-0.15, -0.1) is 0 Å². The molecule has 3 aromatic carbocycles. The summed E-state index contributed by atoms with van der Waals surface area (Å²) in [6.07, 6.45) is 2.83. The van der Waals surface area contributed by atoms with Crippen LogP contribution in [0.4, 0.5) is 0 Å². The van der Waals surface area contributed by atoms with E-state index in [2.05, 4.69) is 15.4 Å². The maximum absolute atomic E-state index is 12.6. The maximum Gasteiger partial charge on any atom is 0.281 e. The van der Waals surface area contributed by atoms with Crippen LogP contribution in [0.25, 0.3) is 10.9 Å². The second-order valence-electron chi connectivity index (χ2n) is 7.47. The quantitative estimate of drug-likeness (QED) is 0.357. The first-order valence-corrected chi connectivity index (χ1v) is 11.3. The fourth-order valence-corrected chi connectivity index (χ4v) is 3.60. The number of rotatable bonds is 9. The van der Waals surface area contributed by atoms with Gasteiger partial charge in [0.15, 0.2) is 18.1 Å². The summed E-state index contributed by atoms with van der Waals surface area (Å²) in [7, 11) is 0. The van der Waals surface area contributed by atoms with E-state index in [1.165, 1.54) is 12.5 Å². The fourth-order valence-electron chi connectivity index (χ4n) is 3.32. The predicted octanol–water partition coefficient (Wildman–Crippen LogP) is 4.03. The smallest absolute Gasteiger partial charge is 0.281 e. The number of nitrogens with one attached hydrogen (secondary N) is 1. The summed E-state index contributed by atoms with van der Waals surface area (Å²) in [5, 5.41) is 7.74. The number of halogens is 1. The van der Waals surface area contributed by atoms with Crippen LogP contribution in [0.1, 0.15) is 18.1 Å². The van der Waals surface area contributed by atoms with E-state index in [0.29, 0.717) is 35.4 Å². The van der Waals surface area contributed by atoms with E-state index >= 15 is 0 Å². The number of benzene rings is 3. The summed E-state index contributed by atoms with van der Waals surface area (Å²) in [4.78, 5) is 29.1. The van der Waals surface area contributed by atoms with Gasteiger partial charge in [0.05, 0.1) is 28.7 Å². The molecule has 1 heterocycles. The first-order chi connectivity index (χ1) is 17.0. The summed E-state index contributed by atoms with van der Waals surface area (Å²) >= 11 is 6.44. The SMILES string of the molecule is CCOc1cc(/C=N\n2cnc3ccccc3c2=O)cc(Cl)c1OCC(=O)NCc1ccccc1. The Labute approximate surface area is 206 Å². The third-order valence-electron chi connectivity index (χ3n) is 4.99. The Balaban J connectivity index is 1.48. The Kier molecular flexibility index (Phi) is 7.74. The van der Waals surface area contributed by atoms with Crippen molar-refractivity contribution < 1.29 is 14.3 Å². The predicted molar refractivity (Wildman–Crippen MR) is 135 cm³/mol. The van der Waals surface area contributed by atoms with E-state index in [1.54, 1.807) is 30.3 Å². The third kappa shape index (κ3) is 6.04. The molecule has 0 unspecified atom stereocenters. The average Bonchev–Trinajstić information content (AvgIpc) is 2.87. The topological polar surface area (TPSA) is 94.8 Å². The van der Waals surface area contributed by atoms with Crippen LogP contribution in [0, 0.1) is 0 Å². The number of amides is 1. The molecule has 178 valence electrons. The molecular formula is C26H23ClN4O4. The van der Waals surface area contributed by atoms with Crippen LogP contribution < -0.4 is 20.3 Å². The number of hydrogen-bond donors (Lipinski definition) is 1. The molecule has 0 aliphatic carbocycles. The summed E-state index contributed by atoms with van der Waals surface area (Å²) in [5.41, 5.74) is 1.88. The van der Waals surface area contributed by atoms with Crippen molar-refractivity contribution >= 4 is 34.6 Å². The van der Waals surface area contributed by atoms with Crippen LogP contribution in [0.15, 0.2) is 83.0 Å². The highest BCUT2D eigenvalue weighted by Gasteiger charge is 2.14. The van der Waals surface area contributed by atoms with Gasteiger partial charge in [0, 0.05) is 6.54 Å². The number of carbonyl (C=O) groups excluding carboxylic acids is 1. The van der Waals surface area contributed by atoms with Crippen molar-refractivity contribution in [2.75, 3.05) is 13.2 Å². The van der Waals surface area contributed by atoms with E-state index in [4.69, 9.17) is 21.1 Å². The molecule has 0 radical (unpaired) electrons. The molecule has 4 rings (SSSR count). The number of hydrogen-bond acceptors (Lipinski definition) is 6. The molecule has 9 heteroatoms. The molecule has 0 aliphatic rings. The Morgan fingerprint density at radius 2 is 1.89 bits per heavy atom. The molecule has 0 atom stereocenters. The summed E-state index contributed by atoms with van der Waals surface area (Å²) in [6, 6.07) is 19.9. The minimum atomic E-state index is -0.291. The van der Waals surface area contributed by atoms with Crippen molar-refractivity contribution in [1.82, 2.24) is 15.0 Å². The van der Waals surface area contributed by atoms with Crippen LogP contribution in [0.2, 0.25) is 5.02 Å². The second kappa shape index (κ2) is 11.3. The highest BCUT2D eigenvalue weighted by Crippen LogP contribution is 2.36. The maximum atomic E-state index is 12.6. The molecular weight excluding hydrogens is 468 g/mol. The van der Waals surface area contributed by atoms with Crippen LogP contribution in [-0.2, 0) is 11.3 Å². The Bertz CT molecular complexity index is 1420. The van der Waals surface area contributed by atoms with Gasteiger partial charge in [-0.05, 0) is 42.3 Å². The van der Waals surface area contributed by atoms with Gasteiger partial charge in [-0.25, -0.2) is 4.98 Å².